The van der Waals surface area contributed by atoms with Crippen LogP contribution in [-0.4, -0.2) is 37.5 Å². The van der Waals surface area contributed by atoms with Crippen molar-refractivity contribution in [1.82, 2.24) is 10.2 Å². The molecule has 2 unspecified atom stereocenters. The quantitative estimate of drug-likeness (QED) is 0.772. The third-order valence-corrected chi connectivity index (χ3v) is 3.87. The number of amides is 1. The third-order valence-electron chi connectivity index (χ3n) is 3.87. The van der Waals surface area contributed by atoms with Crippen molar-refractivity contribution in [3.05, 3.63) is 0 Å². The minimum absolute atomic E-state index is 0.316. The van der Waals surface area contributed by atoms with Crippen molar-refractivity contribution >= 4 is 5.91 Å². The molecule has 0 aromatic heterocycles. The van der Waals surface area contributed by atoms with Gasteiger partial charge in [0.2, 0.25) is 5.91 Å². The lowest BCUT2D eigenvalue weighted by molar-refractivity contribution is -0.130. The Morgan fingerprint density at radius 3 is 2.88 bits per heavy atom. The minimum atomic E-state index is 0.316. The normalized spacial score (nSPS) is 22.2. The zero-order valence-corrected chi connectivity index (χ0v) is 11.7. The first kappa shape index (κ1) is 14.5. The molecule has 1 amide bonds. The SMILES string of the molecule is CCC(C)CN(C)C(=O)CCC1CCCNC1. The maximum Gasteiger partial charge on any atom is 0.222 e. The highest BCUT2D eigenvalue weighted by atomic mass is 16.2. The maximum atomic E-state index is 11.9. The van der Waals surface area contributed by atoms with Gasteiger partial charge in [0, 0.05) is 20.0 Å². The van der Waals surface area contributed by atoms with Gasteiger partial charge in [0.15, 0.2) is 0 Å². The molecule has 3 heteroatoms. The van der Waals surface area contributed by atoms with E-state index in [2.05, 4.69) is 19.2 Å². The molecule has 1 aliphatic heterocycles. The fourth-order valence-corrected chi connectivity index (χ4v) is 2.39. The van der Waals surface area contributed by atoms with Gasteiger partial charge in [-0.05, 0) is 44.2 Å². The van der Waals surface area contributed by atoms with Gasteiger partial charge in [0.05, 0.1) is 0 Å². The van der Waals surface area contributed by atoms with E-state index in [1.807, 2.05) is 11.9 Å². The van der Waals surface area contributed by atoms with Crippen LogP contribution in [0.2, 0.25) is 0 Å². The molecule has 0 radical (unpaired) electrons. The lowest BCUT2D eigenvalue weighted by Crippen LogP contribution is -2.33. The Morgan fingerprint density at radius 2 is 2.29 bits per heavy atom. The highest BCUT2D eigenvalue weighted by molar-refractivity contribution is 5.75. The lowest BCUT2D eigenvalue weighted by atomic mass is 9.94. The molecule has 0 bridgehead atoms. The molecule has 1 saturated heterocycles. The summed E-state index contributed by atoms with van der Waals surface area (Å²) >= 11 is 0. The molecule has 1 fully saturated rings. The molecule has 1 heterocycles. The fourth-order valence-electron chi connectivity index (χ4n) is 2.39. The summed E-state index contributed by atoms with van der Waals surface area (Å²) in [4.78, 5) is 13.8. The summed E-state index contributed by atoms with van der Waals surface area (Å²) in [6.45, 7) is 7.53. The smallest absolute Gasteiger partial charge is 0.222 e. The molecule has 0 aromatic carbocycles. The van der Waals surface area contributed by atoms with Gasteiger partial charge in [-0.2, -0.15) is 0 Å². The summed E-state index contributed by atoms with van der Waals surface area (Å²) in [5, 5.41) is 3.40. The summed E-state index contributed by atoms with van der Waals surface area (Å²) in [5.41, 5.74) is 0. The van der Waals surface area contributed by atoms with E-state index in [0.29, 0.717) is 17.7 Å². The second kappa shape index (κ2) is 7.70. The van der Waals surface area contributed by atoms with Gasteiger partial charge in [-0.3, -0.25) is 4.79 Å². The van der Waals surface area contributed by atoms with Crippen molar-refractivity contribution < 1.29 is 4.79 Å². The van der Waals surface area contributed by atoms with Gasteiger partial charge in [-0.15, -0.1) is 0 Å². The van der Waals surface area contributed by atoms with E-state index in [9.17, 15) is 4.79 Å². The van der Waals surface area contributed by atoms with Crippen LogP contribution in [-0.2, 0) is 4.79 Å². The predicted molar refractivity (Wildman–Crippen MR) is 71.9 cm³/mol. The number of rotatable bonds is 6. The second-order valence-corrected chi connectivity index (χ2v) is 5.54. The molecule has 1 N–H and O–H groups in total. The Morgan fingerprint density at radius 1 is 1.53 bits per heavy atom. The zero-order valence-electron chi connectivity index (χ0n) is 11.7. The molecular formula is C14H28N2O. The van der Waals surface area contributed by atoms with Crippen molar-refractivity contribution in [3.63, 3.8) is 0 Å². The van der Waals surface area contributed by atoms with Gasteiger partial charge in [0.1, 0.15) is 0 Å². The van der Waals surface area contributed by atoms with E-state index < -0.39 is 0 Å². The maximum absolute atomic E-state index is 11.9. The molecular weight excluding hydrogens is 212 g/mol. The summed E-state index contributed by atoms with van der Waals surface area (Å²) in [6.07, 6.45) is 5.47. The molecule has 0 spiro atoms. The molecule has 100 valence electrons. The number of piperidine rings is 1. The zero-order chi connectivity index (χ0) is 12.7. The Bertz CT molecular complexity index is 224. The van der Waals surface area contributed by atoms with Gasteiger partial charge in [-0.25, -0.2) is 0 Å². The molecule has 17 heavy (non-hydrogen) atoms. The van der Waals surface area contributed by atoms with Gasteiger partial charge in [0.25, 0.3) is 0 Å². The fraction of sp³-hybridized carbons (Fsp3) is 0.929. The largest absolute Gasteiger partial charge is 0.345 e. The van der Waals surface area contributed by atoms with Gasteiger partial charge >= 0.3 is 0 Å². The average Bonchev–Trinajstić information content (AvgIpc) is 2.36. The van der Waals surface area contributed by atoms with Crippen LogP contribution < -0.4 is 5.32 Å². The molecule has 0 aromatic rings. The third kappa shape index (κ3) is 5.53. The van der Waals surface area contributed by atoms with E-state index in [1.165, 1.54) is 12.8 Å². The van der Waals surface area contributed by atoms with Crippen LogP contribution in [0.4, 0.5) is 0 Å². The van der Waals surface area contributed by atoms with Gasteiger partial charge < -0.3 is 10.2 Å². The highest BCUT2D eigenvalue weighted by Crippen LogP contribution is 2.16. The lowest BCUT2D eigenvalue weighted by Gasteiger charge is -2.24. The van der Waals surface area contributed by atoms with E-state index >= 15 is 0 Å². The van der Waals surface area contributed by atoms with Crippen LogP contribution in [0.3, 0.4) is 0 Å². The summed E-state index contributed by atoms with van der Waals surface area (Å²) in [5.74, 6) is 1.64. The number of hydrogen-bond acceptors (Lipinski definition) is 2. The van der Waals surface area contributed by atoms with Crippen LogP contribution in [0.15, 0.2) is 0 Å². The molecule has 2 atom stereocenters. The predicted octanol–water partition coefficient (Wildman–Crippen LogP) is 2.27. The first-order valence-electron chi connectivity index (χ1n) is 7.08. The van der Waals surface area contributed by atoms with E-state index in [1.54, 1.807) is 0 Å². The van der Waals surface area contributed by atoms with Crippen molar-refractivity contribution in [2.75, 3.05) is 26.7 Å². The number of carbonyl (C=O) groups excluding carboxylic acids is 1. The van der Waals surface area contributed by atoms with Crippen molar-refractivity contribution in [1.29, 1.82) is 0 Å². The molecule has 0 saturated carbocycles. The molecule has 1 rings (SSSR count). The minimum Gasteiger partial charge on any atom is -0.345 e. The summed E-state index contributed by atoms with van der Waals surface area (Å²) < 4.78 is 0. The first-order chi connectivity index (χ1) is 8.13. The number of nitrogens with zero attached hydrogens (tertiary/aromatic N) is 1. The summed E-state index contributed by atoms with van der Waals surface area (Å²) in [7, 11) is 1.94. The Labute approximate surface area is 106 Å². The number of hydrogen-bond donors (Lipinski definition) is 1. The summed E-state index contributed by atoms with van der Waals surface area (Å²) in [6, 6.07) is 0. The van der Waals surface area contributed by atoms with E-state index in [4.69, 9.17) is 0 Å². The van der Waals surface area contributed by atoms with Crippen molar-refractivity contribution in [3.8, 4) is 0 Å². The topological polar surface area (TPSA) is 32.3 Å². The Kier molecular flexibility index (Phi) is 6.56. The van der Waals surface area contributed by atoms with E-state index in [0.717, 1.165) is 38.9 Å². The number of nitrogens with one attached hydrogen (secondary N) is 1. The van der Waals surface area contributed by atoms with E-state index in [-0.39, 0.29) is 0 Å². The first-order valence-corrected chi connectivity index (χ1v) is 7.08. The average molecular weight is 240 g/mol. The Hall–Kier alpha value is -0.570. The standard InChI is InChI=1S/C14H28N2O/c1-4-12(2)11-16(3)14(17)8-7-13-6-5-9-15-10-13/h12-13,15H,4-11H2,1-3H3. The van der Waals surface area contributed by atoms with Crippen LogP contribution in [0.25, 0.3) is 0 Å². The second-order valence-electron chi connectivity index (χ2n) is 5.54. The number of carbonyl (C=O) groups is 1. The van der Waals surface area contributed by atoms with Crippen molar-refractivity contribution in [2.24, 2.45) is 11.8 Å². The Balaban J connectivity index is 2.18. The van der Waals surface area contributed by atoms with Crippen LogP contribution in [0.5, 0.6) is 0 Å². The van der Waals surface area contributed by atoms with Gasteiger partial charge in [-0.1, -0.05) is 20.3 Å². The van der Waals surface area contributed by atoms with Crippen LogP contribution in [0, 0.1) is 11.8 Å². The highest BCUT2D eigenvalue weighted by Gasteiger charge is 2.16. The monoisotopic (exact) mass is 240 g/mol. The molecule has 0 aliphatic carbocycles. The van der Waals surface area contributed by atoms with Crippen LogP contribution >= 0.6 is 0 Å². The van der Waals surface area contributed by atoms with Crippen LogP contribution in [0.1, 0.15) is 46.0 Å². The van der Waals surface area contributed by atoms with Crippen molar-refractivity contribution in [2.45, 2.75) is 46.0 Å². The molecule has 1 aliphatic rings. The molecule has 3 nitrogen and oxygen atoms in total.